The lowest BCUT2D eigenvalue weighted by Gasteiger charge is -2.44. The third-order valence-electron chi connectivity index (χ3n) is 14.0. The number of piperazine rings is 1. The van der Waals surface area contributed by atoms with E-state index in [0.717, 1.165) is 116 Å². The van der Waals surface area contributed by atoms with Crippen molar-refractivity contribution in [1.82, 2.24) is 25.0 Å². The lowest BCUT2D eigenvalue weighted by Crippen LogP contribution is -2.54. The number of hydrogen-bond acceptors (Lipinski definition) is 10. The fraction of sp³-hybridized carbons (Fsp3) is 0.449. The zero-order valence-corrected chi connectivity index (χ0v) is 37.0. The largest absolute Gasteiger partial charge is 0.371 e. The van der Waals surface area contributed by atoms with E-state index < -0.39 is 35.1 Å². The van der Waals surface area contributed by atoms with Crippen molar-refractivity contribution in [3.8, 4) is 6.07 Å². The molecule has 5 heterocycles. The smallest absolute Gasteiger partial charge is 0.263 e. The maximum absolute atomic E-state index is 14.1. The highest BCUT2D eigenvalue weighted by atomic mass is 32.2. The molecule has 326 valence electrons. The Morgan fingerprint density at radius 3 is 2.38 bits per heavy atom. The minimum absolute atomic E-state index is 0.0393. The van der Waals surface area contributed by atoms with E-state index in [0.29, 0.717) is 34.0 Å². The standard InChI is InChI=1S/C49H53N7O6S/c1-4-30-26-34-35(49(2,3)45-43(44(34)59)32-13-12-29(28-50)25-36(32)51-45)27-38(30)54-18-16-31(17-19-54)53-20-22-55(23-21-53)41(58)11-6-5-7-24-63-39-10-8-9-33-42(39)48(62)56(47(33)61)37-14-15-40(57)52-46(37)60/h8-10,12-13,25-27,31,37,51H,4-7,11,14-24H2,1-3H3,(H,52,57,60). The van der Waals surface area contributed by atoms with Crippen LogP contribution in [0.1, 0.15) is 131 Å². The Morgan fingerprint density at radius 1 is 0.873 bits per heavy atom. The van der Waals surface area contributed by atoms with E-state index >= 15 is 0 Å². The van der Waals surface area contributed by atoms with E-state index in [1.54, 1.807) is 18.2 Å². The summed E-state index contributed by atoms with van der Waals surface area (Å²) in [6.07, 6.45) is 6.11. The van der Waals surface area contributed by atoms with Gasteiger partial charge in [-0.1, -0.05) is 39.3 Å². The average Bonchev–Trinajstić information content (AvgIpc) is 3.81. The number of fused-ring (bicyclic) bond motifs is 5. The summed E-state index contributed by atoms with van der Waals surface area (Å²) in [5, 5.41) is 12.6. The number of nitrogens with one attached hydrogen (secondary N) is 2. The van der Waals surface area contributed by atoms with Crippen LogP contribution in [0.25, 0.3) is 10.9 Å². The zero-order valence-electron chi connectivity index (χ0n) is 36.2. The summed E-state index contributed by atoms with van der Waals surface area (Å²) in [5.74, 6) is -1.05. The summed E-state index contributed by atoms with van der Waals surface area (Å²) < 4.78 is 0. The second-order valence-electron chi connectivity index (χ2n) is 18.0. The van der Waals surface area contributed by atoms with Gasteiger partial charge < -0.3 is 14.8 Å². The Labute approximate surface area is 371 Å². The molecule has 0 radical (unpaired) electrons. The third kappa shape index (κ3) is 7.63. The van der Waals surface area contributed by atoms with Crippen molar-refractivity contribution in [3.63, 3.8) is 0 Å². The number of aromatic nitrogens is 1. The van der Waals surface area contributed by atoms with E-state index in [4.69, 9.17) is 0 Å². The van der Waals surface area contributed by atoms with E-state index in [2.05, 4.69) is 59.1 Å². The molecule has 1 aliphatic carbocycles. The second kappa shape index (κ2) is 17.1. The number of aromatic amines is 1. The summed E-state index contributed by atoms with van der Waals surface area (Å²) in [6.45, 7) is 11.6. The molecule has 0 bridgehead atoms. The van der Waals surface area contributed by atoms with Gasteiger partial charge in [-0.3, -0.25) is 43.9 Å². The molecule has 1 atom stereocenters. The Bertz CT molecular complexity index is 2610. The summed E-state index contributed by atoms with van der Waals surface area (Å²) in [7, 11) is 0. The first-order valence-electron chi connectivity index (χ1n) is 22.4. The molecule has 0 spiro atoms. The SMILES string of the molecule is CCc1cc2c(cc1N1CCC(N3CCN(C(=O)CCCCCSc4cccc5c4C(=O)N(C4CCC(=O)NC4=O)C5=O)CC3)CC1)C(C)(C)c1[nH]c3cc(C#N)ccc3c1C2=O. The van der Waals surface area contributed by atoms with Crippen LogP contribution in [0, 0.1) is 11.3 Å². The van der Waals surface area contributed by atoms with E-state index in [9.17, 15) is 34.0 Å². The molecule has 2 N–H and O–H groups in total. The molecular weight excluding hydrogens is 815 g/mol. The average molecular weight is 868 g/mol. The van der Waals surface area contributed by atoms with Gasteiger partial charge in [-0.15, -0.1) is 11.8 Å². The molecule has 3 fully saturated rings. The Morgan fingerprint density at radius 2 is 1.65 bits per heavy atom. The number of aryl methyl sites for hydroxylation is 1. The number of thioether (sulfide) groups is 1. The number of amides is 5. The number of ketones is 1. The van der Waals surface area contributed by atoms with Gasteiger partial charge in [0, 0.05) is 96.3 Å². The number of nitriles is 1. The Balaban J connectivity index is 0.733. The van der Waals surface area contributed by atoms with Gasteiger partial charge in [0.25, 0.3) is 11.8 Å². The number of imide groups is 2. The monoisotopic (exact) mass is 867 g/mol. The molecule has 14 heteroatoms. The molecule has 3 saturated heterocycles. The van der Waals surface area contributed by atoms with Gasteiger partial charge in [0.05, 0.1) is 28.3 Å². The molecular formula is C49H53N7O6S. The quantitative estimate of drug-likeness (QED) is 0.0987. The van der Waals surface area contributed by atoms with Gasteiger partial charge >= 0.3 is 0 Å². The van der Waals surface area contributed by atoms with Crippen LogP contribution in [-0.4, -0.2) is 112 Å². The highest BCUT2D eigenvalue weighted by molar-refractivity contribution is 7.99. The van der Waals surface area contributed by atoms with Crippen LogP contribution in [0.2, 0.25) is 0 Å². The lowest BCUT2D eigenvalue weighted by molar-refractivity contribution is -0.136. The zero-order chi connectivity index (χ0) is 44.2. The molecule has 0 saturated carbocycles. The molecule has 13 nitrogen and oxygen atoms in total. The first-order valence-corrected chi connectivity index (χ1v) is 23.4. The highest BCUT2D eigenvalue weighted by Gasteiger charge is 2.46. The van der Waals surface area contributed by atoms with E-state index in [1.165, 1.54) is 23.0 Å². The van der Waals surface area contributed by atoms with Crippen LogP contribution in [0.15, 0.2) is 53.4 Å². The molecule has 4 aromatic rings. The first-order chi connectivity index (χ1) is 30.4. The number of anilines is 1. The molecule has 1 aromatic heterocycles. The fourth-order valence-electron chi connectivity index (χ4n) is 10.5. The summed E-state index contributed by atoms with van der Waals surface area (Å²) >= 11 is 1.51. The van der Waals surface area contributed by atoms with Crippen LogP contribution >= 0.6 is 11.8 Å². The number of nitrogens with zero attached hydrogens (tertiary/aromatic N) is 5. The molecule has 5 amide bonds. The number of benzene rings is 3. The van der Waals surface area contributed by atoms with Crippen molar-refractivity contribution in [3.05, 3.63) is 93.2 Å². The first kappa shape index (κ1) is 42.5. The minimum atomic E-state index is -0.989. The summed E-state index contributed by atoms with van der Waals surface area (Å²) in [5.41, 5.74) is 7.39. The summed E-state index contributed by atoms with van der Waals surface area (Å²) in [4.78, 5) is 90.4. The van der Waals surface area contributed by atoms with Gasteiger partial charge in [0.2, 0.25) is 17.7 Å². The molecule has 3 aromatic carbocycles. The van der Waals surface area contributed by atoms with Gasteiger partial charge in [-0.25, -0.2) is 0 Å². The Hall–Kier alpha value is -5.78. The highest BCUT2D eigenvalue weighted by Crippen LogP contribution is 2.46. The number of piperidine rings is 2. The number of rotatable bonds is 11. The molecule has 9 rings (SSSR count). The molecule has 4 aliphatic heterocycles. The number of unbranched alkanes of at least 4 members (excludes halogenated alkanes) is 2. The van der Waals surface area contributed by atoms with Gasteiger partial charge in [0.1, 0.15) is 6.04 Å². The van der Waals surface area contributed by atoms with Crippen LogP contribution in [0.4, 0.5) is 5.69 Å². The topological polar surface area (TPSA) is 167 Å². The van der Waals surface area contributed by atoms with Crippen molar-refractivity contribution in [2.24, 2.45) is 0 Å². The molecule has 63 heavy (non-hydrogen) atoms. The maximum atomic E-state index is 14.1. The summed E-state index contributed by atoms with van der Waals surface area (Å²) in [6, 6.07) is 16.8. The maximum Gasteiger partial charge on any atom is 0.263 e. The fourth-order valence-corrected chi connectivity index (χ4v) is 11.5. The normalized spacial score (nSPS) is 20.2. The predicted octanol–water partition coefficient (Wildman–Crippen LogP) is 6.34. The number of carbonyl (C=O) groups excluding carboxylic acids is 6. The lowest BCUT2D eigenvalue weighted by atomic mass is 9.70. The van der Waals surface area contributed by atoms with Crippen molar-refractivity contribution in [2.75, 3.05) is 49.9 Å². The van der Waals surface area contributed by atoms with Crippen LogP contribution in [0.5, 0.6) is 0 Å². The van der Waals surface area contributed by atoms with Crippen LogP contribution in [-0.2, 0) is 26.2 Å². The van der Waals surface area contributed by atoms with Crippen molar-refractivity contribution >= 4 is 63.7 Å². The van der Waals surface area contributed by atoms with E-state index in [1.807, 2.05) is 23.1 Å². The number of H-pyrrole nitrogens is 1. The third-order valence-corrected chi connectivity index (χ3v) is 15.2. The Kier molecular flexibility index (Phi) is 11.5. The van der Waals surface area contributed by atoms with Crippen molar-refractivity contribution < 1.29 is 28.8 Å². The van der Waals surface area contributed by atoms with Crippen LogP contribution < -0.4 is 10.2 Å². The van der Waals surface area contributed by atoms with E-state index in [-0.39, 0.29) is 30.1 Å². The van der Waals surface area contributed by atoms with Gasteiger partial charge in [-0.2, -0.15) is 5.26 Å². The van der Waals surface area contributed by atoms with Gasteiger partial charge in [0.15, 0.2) is 5.78 Å². The van der Waals surface area contributed by atoms with Crippen LogP contribution in [0.3, 0.4) is 0 Å². The van der Waals surface area contributed by atoms with Crippen molar-refractivity contribution in [1.29, 1.82) is 5.26 Å². The molecule has 1 unspecified atom stereocenters. The molecule has 5 aliphatic rings. The minimum Gasteiger partial charge on any atom is -0.371 e. The number of carbonyl (C=O) groups is 6. The second-order valence-corrected chi connectivity index (χ2v) is 19.1. The predicted molar refractivity (Wildman–Crippen MR) is 240 cm³/mol. The van der Waals surface area contributed by atoms with Gasteiger partial charge in [-0.05, 0) is 91.8 Å². The van der Waals surface area contributed by atoms with Crippen molar-refractivity contribution in [2.45, 2.75) is 101 Å². The number of hydrogen-bond donors (Lipinski definition) is 2.